The lowest BCUT2D eigenvalue weighted by Gasteiger charge is -2.23. The highest BCUT2D eigenvalue weighted by Gasteiger charge is 2.15. The summed E-state index contributed by atoms with van der Waals surface area (Å²) in [7, 11) is 0. The third-order valence-electron chi connectivity index (χ3n) is 3.19. The van der Waals surface area contributed by atoms with Gasteiger partial charge < -0.3 is 19.5 Å². The van der Waals surface area contributed by atoms with Crippen molar-refractivity contribution in [3.05, 3.63) is 48.4 Å². The summed E-state index contributed by atoms with van der Waals surface area (Å²) in [5, 5.41) is 3.24. The Bertz CT molecular complexity index is 601. The van der Waals surface area contributed by atoms with E-state index in [1.54, 1.807) is 30.5 Å². The fourth-order valence-electron chi connectivity index (χ4n) is 2.09. The third-order valence-corrected chi connectivity index (χ3v) is 3.19. The monoisotopic (exact) mass is 304 g/mol. The SMILES string of the molecule is Fc1ccc(Oc2ncccc2OC[C@H]2CNCCO2)cc1. The number of hydrogen-bond acceptors (Lipinski definition) is 5. The molecule has 1 aromatic carbocycles. The fraction of sp³-hybridized carbons (Fsp3) is 0.312. The first-order chi connectivity index (χ1) is 10.8. The number of pyridine rings is 1. The van der Waals surface area contributed by atoms with E-state index in [4.69, 9.17) is 14.2 Å². The topological polar surface area (TPSA) is 52.6 Å². The normalized spacial score (nSPS) is 18.0. The quantitative estimate of drug-likeness (QED) is 0.919. The van der Waals surface area contributed by atoms with E-state index >= 15 is 0 Å². The Morgan fingerprint density at radius 3 is 2.91 bits per heavy atom. The second-order valence-corrected chi connectivity index (χ2v) is 4.87. The Balaban J connectivity index is 1.65. The first-order valence-corrected chi connectivity index (χ1v) is 7.15. The number of hydrogen-bond donors (Lipinski definition) is 1. The summed E-state index contributed by atoms with van der Waals surface area (Å²) < 4.78 is 29.9. The Labute approximate surface area is 128 Å². The molecule has 3 rings (SSSR count). The highest BCUT2D eigenvalue weighted by molar-refractivity contribution is 5.37. The molecule has 5 nitrogen and oxygen atoms in total. The molecule has 1 aromatic heterocycles. The van der Waals surface area contributed by atoms with Gasteiger partial charge in [0.15, 0.2) is 5.75 Å². The van der Waals surface area contributed by atoms with Crippen LogP contribution >= 0.6 is 0 Å². The summed E-state index contributed by atoms with van der Waals surface area (Å²) in [5.74, 6) is 1.06. The molecule has 6 heteroatoms. The van der Waals surface area contributed by atoms with Gasteiger partial charge in [0, 0.05) is 19.3 Å². The highest BCUT2D eigenvalue weighted by Crippen LogP contribution is 2.29. The second kappa shape index (κ2) is 7.20. The number of halogens is 1. The Hall–Kier alpha value is -2.18. The van der Waals surface area contributed by atoms with Crippen molar-refractivity contribution in [2.45, 2.75) is 6.10 Å². The highest BCUT2D eigenvalue weighted by atomic mass is 19.1. The van der Waals surface area contributed by atoms with Crippen LogP contribution in [0, 0.1) is 5.82 Å². The molecule has 1 saturated heterocycles. The molecule has 0 aliphatic carbocycles. The minimum Gasteiger partial charge on any atom is -0.485 e. The van der Waals surface area contributed by atoms with Crippen molar-refractivity contribution in [2.24, 2.45) is 0 Å². The van der Waals surface area contributed by atoms with Crippen molar-refractivity contribution < 1.29 is 18.6 Å². The van der Waals surface area contributed by atoms with Crippen LogP contribution in [0.5, 0.6) is 17.4 Å². The summed E-state index contributed by atoms with van der Waals surface area (Å²) >= 11 is 0. The van der Waals surface area contributed by atoms with Crippen LogP contribution in [0.25, 0.3) is 0 Å². The van der Waals surface area contributed by atoms with Crippen molar-refractivity contribution >= 4 is 0 Å². The average Bonchev–Trinajstić information content (AvgIpc) is 2.57. The Morgan fingerprint density at radius 1 is 1.27 bits per heavy atom. The van der Waals surface area contributed by atoms with E-state index in [0.29, 0.717) is 30.6 Å². The second-order valence-electron chi connectivity index (χ2n) is 4.87. The summed E-state index contributed by atoms with van der Waals surface area (Å²) in [6, 6.07) is 9.31. The molecule has 0 amide bonds. The van der Waals surface area contributed by atoms with Gasteiger partial charge in [0.1, 0.15) is 24.3 Å². The zero-order chi connectivity index (χ0) is 15.2. The molecule has 0 spiro atoms. The van der Waals surface area contributed by atoms with Gasteiger partial charge in [-0.2, -0.15) is 0 Å². The van der Waals surface area contributed by atoms with Crippen LogP contribution in [0.15, 0.2) is 42.6 Å². The molecule has 0 unspecified atom stereocenters. The standard InChI is InChI=1S/C16H17FN2O3/c17-12-3-5-13(6-4-12)22-16-15(2-1-7-19-16)21-11-14-10-18-8-9-20-14/h1-7,14,18H,8-11H2/t14-/m1/s1. The molecule has 0 radical (unpaired) electrons. The van der Waals surface area contributed by atoms with E-state index in [-0.39, 0.29) is 11.9 Å². The van der Waals surface area contributed by atoms with Gasteiger partial charge in [0.05, 0.1) is 6.61 Å². The molecule has 2 aromatic rings. The maximum absolute atomic E-state index is 12.9. The molecule has 1 atom stereocenters. The predicted molar refractivity (Wildman–Crippen MR) is 78.8 cm³/mol. The van der Waals surface area contributed by atoms with E-state index in [1.807, 2.05) is 0 Å². The Kier molecular flexibility index (Phi) is 4.82. The lowest BCUT2D eigenvalue weighted by molar-refractivity contribution is -0.000292. The lowest BCUT2D eigenvalue weighted by Crippen LogP contribution is -2.41. The van der Waals surface area contributed by atoms with Crippen molar-refractivity contribution in [3.8, 4) is 17.4 Å². The maximum atomic E-state index is 12.9. The molecule has 2 heterocycles. The van der Waals surface area contributed by atoms with E-state index in [0.717, 1.165) is 13.1 Å². The number of rotatable bonds is 5. The van der Waals surface area contributed by atoms with E-state index < -0.39 is 0 Å². The van der Waals surface area contributed by atoms with Gasteiger partial charge in [0.2, 0.25) is 0 Å². The molecule has 0 saturated carbocycles. The van der Waals surface area contributed by atoms with Crippen molar-refractivity contribution in [1.29, 1.82) is 0 Å². The predicted octanol–water partition coefficient (Wildman–Crippen LogP) is 2.38. The van der Waals surface area contributed by atoms with Gasteiger partial charge in [-0.1, -0.05) is 0 Å². The van der Waals surface area contributed by atoms with Crippen LogP contribution in [-0.4, -0.2) is 37.4 Å². The van der Waals surface area contributed by atoms with Crippen LogP contribution in [0.3, 0.4) is 0 Å². The summed E-state index contributed by atoms with van der Waals surface area (Å²) in [5.41, 5.74) is 0. The maximum Gasteiger partial charge on any atom is 0.262 e. The van der Waals surface area contributed by atoms with Gasteiger partial charge in [-0.25, -0.2) is 9.37 Å². The van der Waals surface area contributed by atoms with Gasteiger partial charge in [-0.05, 0) is 36.4 Å². The first kappa shape index (κ1) is 14.7. The van der Waals surface area contributed by atoms with Gasteiger partial charge in [0.25, 0.3) is 5.88 Å². The summed E-state index contributed by atoms with van der Waals surface area (Å²) in [6.07, 6.45) is 1.62. The fourth-order valence-corrected chi connectivity index (χ4v) is 2.09. The summed E-state index contributed by atoms with van der Waals surface area (Å²) in [6.45, 7) is 2.72. The molecular weight excluding hydrogens is 287 g/mol. The molecule has 22 heavy (non-hydrogen) atoms. The number of aromatic nitrogens is 1. The van der Waals surface area contributed by atoms with Crippen molar-refractivity contribution in [2.75, 3.05) is 26.3 Å². The molecular formula is C16H17FN2O3. The molecule has 116 valence electrons. The van der Waals surface area contributed by atoms with E-state index in [1.165, 1.54) is 12.1 Å². The number of nitrogens with zero attached hydrogens (tertiary/aromatic N) is 1. The zero-order valence-electron chi connectivity index (χ0n) is 12.0. The number of morpholine rings is 1. The van der Waals surface area contributed by atoms with Crippen LogP contribution in [0.2, 0.25) is 0 Å². The minimum atomic E-state index is -0.313. The number of nitrogens with one attached hydrogen (secondary N) is 1. The van der Waals surface area contributed by atoms with Crippen LogP contribution in [0.1, 0.15) is 0 Å². The smallest absolute Gasteiger partial charge is 0.262 e. The van der Waals surface area contributed by atoms with Gasteiger partial charge >= 0.3 is 0 Å². The van der Waals surface area contributed by atoms with Crippen molar-refractivity contribution in [1.82, 2.24) is 10.3 Å². The van der Waals surface area contributed by atoms with Gasteiger partial charge in [-0.15, -0.1) is 0 Å². The molecule has 1 fully saturated rings. The third kappa shape index (κ3) is 3.93. The zero-order valence-corrected chi connectivity index (χ0v) is 12.0. The largest absolute Gasteiger partial charge is 0.485 e. The van der Waals surface area contributed by atoms with Crippen LogP contribution in [0.4, 0.5) is 4.39 Å². The van der Waals surface area contributed by atoms with E-state index in [9.17, 15) is 4.39 Å². The molecule has 0 bridgehead atoms. The molecule has 1 aliphatic rings. The number of benzene rings is 1. The van der Waals surface area contributed by atoms with Gasteiger partial charge in [-0.3, -0.25) is 0 Å². The first-order valence-electron chi connectivity index (χ1n) is 7.15. The molecule has 1 aliphatic heterocycles. The average molecular weight is 304 g/mol. The van der Waals surface area contributed by atoms with Crippen LogP contribution < -0.4 is 14.8 Å². The minimum absolute atomic E-state index is 0.00706. The molecule has 1 N–H and O–H groups in total. The Morgan fingerprint density at radius 2 is 2.14 bits per heavy atom. The van der Waals surface area contributed by atoms with Crippen molar-refractivity contribution in [3.63, 3.8) is 0 Å². The number of ether oxygens (including phenoxy) is 3. The lowest BCUT2D eigenvalue weighted by atomic mass is 10.3. The van der Waals surface area contributed by atoms with Crippen LogP contribution in [-0.2, 0) is 4.74 Å². The summed E-state index contributed by atoms with van der Waals surface area (Å²) in [4.78, 5) is 4.16. The van der Waals surface area contributed by atoms with E-state index in [2.05, 4.69) is 10.3 Å².